The zero-order valence-corrected chi connectivity index (χ0v) is 24.7. The second-order valence-electron chi connectivity index (χ2n) is 11.3. The van der Waals surface area contributed by atoms with Crippen molar-refractivity contribution in [3.63, 3.8) is 0 Å². The maximum atomic E-state index is 6.67. The van der Waals surface area contributed by atoms with Gasteiger partial charge in [0.1, 0.15) is 11.5 Å². The average Bonchev–Trinajstić information content (AvgIpc) is 3.09. The fraction of sp³-hybridized carbons (Fsp3) is 0. The largest absolute Gasteiger partial charge is 0.458 e. The molecule has 7 aromatic rings. The van der Waals surface area contributed by atoms with E-state index in [0.717, 1.165) is 34.1 Å². The Kier molecular flexibility index (Phi) is 5.88. The van der Waals surface area contributed by atoms with Crippen molar-refractivity contribution in [3.05, 3.63) is 158 Å². The molecule has 44 heavy (non-hydrogen) atoms. The predicted molar refractivity (Wildman–Crippen MR) is 186 cm³/mol. The van der Waals surface area contributed by atoms with E-state index in [1.54, 1.807) is 0 Å². The molecular formula is C40H26BNOS. The minimum Gasteiger partial charge on any atom is -0.458 e. The Morgan fingerprint density at radius 1 is 0.500 bits per heavy atom. The van der Waals surface area contributed by atoms with Gasteiger partial charge in [-0.05, 0) is 82.0 Å². The molecule has 0 amide bonds. The molecule has 2 aliphatic rings. The van der Waals surface area contributed by atoms with Crippen LogP contribution in [0.4, 0.5) is 17.1 Å². The SMILES string of the molecule is c1ccc(N(c2ccccc2)c2ccc(-c3cc4c5c(c3)Sc3ccccc3B5c3ccccc3O4)c3ccccc23)cc1. The molecule has 2 nitrogen and oxygen atoms in total. The van der Waals surface area contributed by atoms with Gasteiger partial charge in [-0.15, -0.1) is 0 Å². The smallest absolute Gasteiger partial charge is 0.253 e. The van der Waals surface area contributed by atoms with Gasteiger partial charge in [-0.25, -0.2) is 0 Å². The molecule has 0 bridgehead atoms. The molecule has 0 saturated carbocycles. The Morgan fingerprint density at radius 3 is 1.91 bits per heavy atom. The van der Waals surface area contributed by atoms with Crippen LogP contribution in [0.3, 0.4) is 0 Å². The van der Waals surface area contributed by atoms with E-state index in [1.807, 2.05) is 11.8 Å². The van der Waals surface area contributed by atoms with Crippen molar-refractivity contribution in [2.24, 2.45) is 0 Å². The van der Waals surface area contributed by atoms with Crippen LogP contribution in [0.2, 0.25) is 0 Å². The van der Waals surface area contributed by atoms with Crippen molar-refractivity contribution in [2.75, 3.05) is 4.90 Å². The van der Waals surface area contributed by atoms with Crippen molar-refractivity contribution in [1.29, 1.82) is 0 Å². The maximum absolute atomic E-state index is 6.67. The van der Waals surface area contributed by atoms with Crippen LogP contribution in [0, 0.1) is 0 Å². The van der Waals surface area contributed by atoms with Crippen molar-refractivity contribution < 1.29 is 4.74 Å². The van der Waals surface area contributed by atoms with Gasteiger partial charge in [0.2, 0.25) is 0 Å². The highest BCUT2D eigenvalue weighted by Gasteiger charge is 2.39. The van der Waals surface area contributed by atoms with Crippen LogP contribution in [0.15, 0.2) is 168 Å². The van der Waals surface area contributed by atoms with Crippen LogP contribution in [0.1, 0.15) is 0 Å². The zero-order chi connectivity index (χ0) is 29.0. The van der Waals surface area contributed by atoms with Crippen LogP contribution >= 0.6 is 11.8 Å². The fourth-order valence-corrected chi connectivity index (χ4v) is 8.06. The molecular weight excluding hydrogens is 553 g/mol. The lowest BCUT2D eigenvalue weighted by atomic mass is 9.35. The monoisotopic (exact) mass is 579 g/mol. The maximum Gasteiger partial charge on any atom is 0.253 e. The molecule has 0 spiro atoms. The molecule has 0 N–H and O–H groups in total. The minimum absolute atomic E-state index is 0.167. The van der Waals surface area contributed by atoms with Crippen molar-refractivity contribution in [1.82, 2.24) is 0 Å². The molecule has 0 radical (unpaired) electrons. The summed E-state index contributed by atoms with van der Waals surface area (Å²) in [7, 11) is 0. The highest BCUT2D eigenvalue weighted by atomic mass is 32.2. The summed E-state index contributed by atoms with van der Waals surface area (Å²) < 4.78 is 6.67. The molecule has 0 saturated heterocycles. The number of hydrogen-bond donors (Lipinski definition) is 0. The average molecular weight is 580 g/mol. The van der Waals surface area contributed by atoms with Crippen LogP contribution in [-0.2, 0) is 0 Å². The second-order valence-corrected chi connectivity index (χ2v) is 12.4. The number of hydrogen-bond acceptors (Lipinski definition) is 3. The standard InChI is InChI=1S/C40H26BNOS/c1-3-13-28(14-4-1)42(29-15-5-2-6-16-29)35-24-23-30(31-17-7-8-18-32(31)35)27-25-37-40-39(26-27)44-38-22-12-10-20-34(38)41(40)33-19-9-11-21-36(33)43-37/h1-26H. The van der Waals surface area contributed by atoms with E-state index in [4.69, 9.17) is 4.74 Å². The second kappa shape index (κ2) is 10.2. The Bertz CT molecular complexity index is 2090. The van der Waals surface area contributed by atoms with Crippen molar-refractivity contribution in [3.8, 4) is 22.6 Å². The van der Waals surface area contributed by atoms with Gasteiger partial charge in [0, 0.05) is 26.6 Å². The highest BCUT2D eigenvalue weighted by molar-refractivity contribution is 8.00. The zero-order valence-electron chi connectivity index (χ0n) is 23.9. The van der Waals surface area contributed by atoms with Crippen LogP contribution < -0.4 is 26.0 Å². The molecule has 0 unspecified atom stereocenters. The van der Waals surface area contributed by atoms with E-state index in [2.05, 4.69) is 163 Å². The number of benzene rings is 7. The number of rotatable bonds is 4. The lowest BCUT2D eigenvalue weighted by Crippen LogP contribution is -2.57. The van der Waals surface area contributed by atoms with Gasteiger partial charge in [0.05, 0.1) is 5.69 Å². The summed E-state index contributed by atoms with van der Waals surface area (Å²) in [6.45, 7) is 0.167. The summed E-state index contributed by atoms with van der Waals surface area (Å²) in [4.78, 5) is 4.92. The van der Waals surface area contributed by atoms with E-state index >= 15 is 0 Å². The molecule has 2 heterocycles. The minimum atomic E-state index is 0.167. The Hall–Kier alpha value is -5.19. The summed E-state index contributed by atoms with van der Waals surface area (Å²) in [5.41, 5.74) is 9.63. The molecule has 0 atom stereocenters. The third-order valence-electron chi connectivity index (χ3n) is 8.77. The summed E-state index contributed by atoms with van der Waals surface area (Å²) in [6, 6.07) is 56.5. The van der Waals surface area contributed by atoms with E-state index in [0.29, 0.717) is 0 Å². The van der Waals surface area contributed by atoms with Gasteiger partial charge in [-0.1, -0.05) is 120 Å². The van der Waals surface area contributed by atoms with Gasteiger partial charge in [-0.3, -0.25) is 0 Å². The summed E-state index contributed by atoms with van der Waals surface area (Å²) >= 11 is 1.85. The molecule has 206 valence electrons. The van der Waals surface area contributed by atoms with E-state index < -0.39 is 0 Å². The van der Waals surface area contributed by atoms with Crippen LogP contribution in [0.5, 0.6) is 11.5 Å². The lowest BCUT2D eigenvalue weighted by Gasteiger charge is -2.33. The molecule has 0 aromatic heterocycles. The molecule has 0 fully saturated rings. The van der Waals surface area contributed by atoms with Gasteiger partial charge < -0.3 is 9.64 Å². The highest BCUT2D eigenvalue weighted by Crippen LogP contribution is 2.44. The predicted octanol–water partition coefficient (Wildman–Crippen LogP) is 9.06. The molecule has 9 rings (SSSR count). The van der Waals surface area contributed by atoms with Crippen LogP contribution in [0.25, 0.3) is 21.9 Å². The third-order valence-corrected chi connectivity index (χ3v) is 9.92. The third kappa shape index (κ3) is 3.99. The molecule has 4 heteroatoms. The van der Waals surface area contributed by atoms with Gasteiger partial charge in [-0.2, -0.15) is 0 Å². The van der Waals surface area contributed by atoms with Gasteiger partial charge in [0.15, 0.2) is 0 Å². The first-order valence-corrected chi connectivity index (χ1v) is 15.8. The molecule has 7 aromatic carbocycles. The summed E-state index contributed by atoms with van der Waals surface area (Å²) in [5, 5.41) is 2.41. The first kappa shape index (κ1) is 25.3. The van der Waals surface area contributed by atoms with E-state index in [1.165, 1.54) is 42.5 Å². The van der Waals surface area contributed by atoms with Crippen molar-refractivity contribution in [2.45, 2.75) is 9.79 Å². The van der Waals surface area contributed by atoms with E-state index in [-0.39, 0.29) is 6.71 Å². The normalized spacial score (nSPS) is 12.6. The molecule has 0 aliphatic carbocycles. The molecule has 2 aliphatic heterocycles. The number of para-hydroxylation sites is 3. The number of ether oxygens (including phenoxy) is 1. The Balaban J connectivity index is 1.24. The first-order valence-electron chi connectivity index (χ1n) is 15.0. The van der Waals surface area contributed by atoms with Crippen molar-refractivity contribution >= 4 is 62.7 Å². The lowest BCUT2D eigenvalue weighted by molar-refractivity contribution is 0.486. The number of fused-ring (bicyclic) bond motifs is 5. The Morgan fingerprint density at radius 2 is 1.14 bits per heavy atom. The van der Waals surface area contributed by atoms with Crippen LogP contribution in [-0.4, -0.2) is 6.71 Å². The van der Waals surface area contributed by atoms with Gasteiger partial charge in [0.25, 0.3) is 6.71 Å². The number of nitrogens with zero attached hydrogens (tertiary/aromatic N) is 1. The number of anilines is 3. The first-order chi connectivity index (χ1) is 21.8. The summed E-state index contributed by atoms with van der Waals surface area (Å²) in [6.07, 6.45) is 0. The van der Waals surface area contributed by atoms with E-state index in [9.17, 15) is 0 Å². The Labute approximate surface area is 261 Å². The quantitative estimate of drug-likeness (QED) is 0.193. The topological polar surface area (TPSA) is 12.5 Å². The van der Waals surface area contributed by atoms with Gasteiger partial charge >= 0.3 is 0 Å². The fourth-order valence-electron chi connectivity index (χ4n) is 6.86. The summed E-state index contributed by atoms with van der Waals surface area (Å²) in [5.74, 6) is 1.89.